The normalized spacial score (nSPS) is 34.3. The molecule has 146 heavy (non-hydrogen) atoms. The Kier molecular flexibility index (Phi) is 54.9. The zero-order chi connectivity index (χ0) is 108. The van der Waals surface area contributed by atoms with E-state index in [1.54, 1.807) is 11.1 Å². The van der Waals surface area contributed by atoms with Gasteiger partial charge in [0.05, 0.1) is 50.3 Å². The van der Waals surface area contributed by atoms with Gasteiger partial charge in [-0.1, -0.05) is 245 Å². The highest BCUT2D eigenvalue weighted by Crippen LogP contribution is 2.52. The van der Waals surface area contributed by atoms with Crippen molar-refractivity contribution in [3.63, 3.8) is 0 Å². The third kappa shape index (κ3) is 46.0. The second-order valence-corrected chi connectivity index (χ2v) is 61.3. The van der Waals surface area contributed by atoms with E-state index < -0.39 is 0 Å². The third-order valence-electron chi connectivity index (χ3n) is 36.3. The molecule has 23 unspecified atom stereocenters. The highest BCUT2D eigenvalue weighted by Gasteiger charge is 2.52. The first-order chi connectivity index (χ1) is 68.4. The summed E-state index contributed by atoms with van der Waals surface area (Å²) in [5, 5.41) is 24.3. The Balaban J connectivity index is 0.000000192. The predicted molar refractivity (Wildman–Crippen MR) is 631 cm³/mol. The summed E-state index contributed by atoms with van der Waals surface area (Å²) in [7, 11) is 0. The second-order valence-electron chi connectivity index (χ2n) is 61.3. The largest absolute Gasteiger partial charge is 0.497 e. The molecule has 23 atom stereocenters. The fourth-order valence-electron chi connectivity index (χ4n) is 26.8. The fraction of sp³-hybridized carbons (Fsp3) is 0.962. The van der Waals surface area contributed by atoms with Gasteiger partial charge in [0, 0.05) is 100 Å². The molecule has 15 aliphatic heterocycles. The molecule has 14 saturated heterocycles. The second kappa shape index (κ2) is 62.0. The number of allylic oxidation sites excluding steroid dienone is 1. The van der Waals surface area contributed by atoms with E-state index in [0.29, 0.717) is 63.3 Å². The van der Waals surface area contributed by atoms with Crippen molar-refractivity contribution in [1.82, 2.24) is 61.7 Å². The molecule has 24 aliphatic rings. The average Bonchev–Trinajstić information content (AvgIpc) is 1.59. The van der Waals surface area contributed by atoms with Crippen molar-refractivity contribution in [3.8, 4) is 0 Å². The number of hydrogen-bond donors (Lipinski definition) is 7. The molecule has 1 amide bonds. The molecule has 16 heteroatoms. The topological polar surface area (TPSA) is 145 Å². The van der Waals surface area contributed by atoms with Crippen LogP contribution in [0, 0.1) is 157 Å². The van der Waals surface area contributed by atoms with Crippen LogP contribution in [0.1, 0.15) is 435 Å². The van der Waals surface area contributed by atoms with Crippen molar-refractivity contribution in [2.24, 2.45) is 157 Å². The summed E-state index contributed by atoms with van der Waals surface area (Å²) in [6, 6.07) is 2.89. The minimum absolute atomic E-state index is 0.129. The molecular formula is C130H252N12O4. The van der Waals surface area contributed by atoms with Crippen LogP contribution in [0.2, 0.25) is 0 Å². The number of carbonyl (C=O) groups excluding carboxylic acids is 1. The summed E-state index contributed by atoms with van der Waals surface area (Å²) in [5.41, 5.74) is 6.27. The van der Waals surface area contributed by atoms with E-state index in [-0.39, 0.29) is 5.54 Å². The number of fused-ring (bicyclic) bond motifs is 11. The quantitative estimate of drug-likeness (QED) is 0.115. The van der Waals surface area contributed by atoms with E-state index in [9.17, 15) is 4.79 Å². The number of hydrogen-bond acceptors (Lipinski definition) is 15. The lowest BCUT2D eigenvalue weighted by Gasteiger charge is -2.48. The molecule has 0 bridgehead atoms. The summed E-state index contributed by atoms with van der Waals surface area (Å²) >= 11 is 0. The fourth-order valence-corrected chi connectivity index (χ4v) is 26.8. The molecule has 9 aliphatic carbocycles. The van der Waals surface area contributed by atoms with Gasteiger partial charge in [0.25, 0.3) is 0 Å². The molecule has 0 aromatic heterocycles. The summed E-state index contributed by atoms with van der Waals surface area (Å²) in [4.78, 5) is 24.0. The van der Waals surface area contributed by atoms with Gasteiger partial charge in [0.1, 0.15) is 0 Å². The van der Waals surface area contributed by atoms with Crippen LogP contribution in [-0.4, -0.2) is 242 Å². The first-order valence-electron chi connectivity index (χ1n) is 63.0. The molecule has 7 N–H and O–H groups in total. The van der Waals surface area contributed by atoms with Crippen molar-refractivity contribution in [2.45, 2.75) is 483 Å². The van der Waals surface area contributed by atoms with Gasteiger partial charge in [-0.3, -0.25) is 24.4 Å². The maximum atomic E-state index is 11.8. The summed E-state index contributed by atoms with van der Waals surface area (Å²) < 4.78 is 16.7. The number of amides is 1. The molecule has 24 rings (SSSR count). The van der Waals surface area contributed by atoms with Crippen molar-refractivity contribution in [2.75, 3.05) is 164 Å². The smallest absolute Gasteiger partial charge is 0.237 e. The SMILES string of the molecule is C1CC2CC2CN1.C1CC2CCC2CN1.C1CC2CNCCN2C1.C1CNCC2CCCC2C1.C1NCC2CC12.CC(C)(C)C1C=C2OCC2C1.CC(C)(C)C1CC2CCNCC2C1.CC(C)(C)C1CC2COCCN2C1.CC(C)(C)C1NCC2CCCC21.CC(C)(C)C1OC2CCCC21.CC(C)(C)N1CC(=O)N2CCCC2C1.CC(C)(C)N1CC2=C(CCC2)C1.CC(C)C.CC(C)C.CC(C)C.CC(C)C.CC(C)C. The van der Waals surface area contributed by atoms with E-state index in [4.69, 9.17) is 14.2 Å². The molecule has 856 valence electrons. The van der Waals surface area contributed by atoms with Gasteiger partial charge in [0.15, 0.2) is 0 Å². The number of nitrogens with one attached hydrogen (secondary N) is 7. The molecule has 0 spiro atoms. The van der Waals surface area contributed by atoms with Crippen LogP contribution in [0.15, 0.2) is 23.0 Å². The lowest BCUT2D eigenvalue weighted by molar-refractivity contribution is -0.209. The zero-order valence-corrected chi connectivity index (χ0v) is 104. The first kappa shape index (κ1) is 129. The monoisotopic (exact) mass is 2050 g/mol. The van der Waals surface area contributed by atoms with Crippen LogP contribution in [0.5, 0.6) is 0 Å². The molecule has 0 radical (unpaired) electrons. The van der Waals surface area contributed by atoms with E-state index in [1.807, 2.05) is 0 Å². The molecule has 0 aromatic carbocycles. The number of piperazine rings is 2. The molecule has 21 fully saturated rings. The van der Waals surface area contributed by atoms with E-state index in [1.165, 1.54) is 310 Å². The van der Waals surface area contributed by atoms with Crippen LogP contribution in [-0.2, 0) is 19.0 Å². The van der Waals surface area contributed by atoms with Crippen molar-refractivity contribution in [3.05, 3.63) is 23.0 Å². The zero-order valence-electron chi connectivity index (χ0n) is 104. The average molecular weight is 2050 g/mol. The Labute approximate surface area is 908 Å². The van der Waals surface area contributed by atoms with Crippen molar-refractivity contribution >= 4 is 5.91 Å². The first-order valence-corrected chi connectivity index (χ1v) is 63.0. The van der Waals surface area contributed by atoms with Gasteiger partial charge in [-0.25, -0.2) is 0 Å². The molecular weight excluding hydrogens is 1790 g/mol. The van der Waals surface area contributed by atoms with Crippen LogP contribution >= 0.6 is 0 Å². The van der Waals surface area contributed by atoms with Gasteiger partial charge in [-0.05, 0) is 432 Å². The Hall–Kier alpha value is -1.77. The molecule has 15 heterocycles. The van der Waals surface area contributed by atoms with Gasteiger partial charge < -0.3 is 56.3 Å². The number of nitrogens with zero attached hydrogens (tertiary/aromatic N) is 5. The Morgan fingerprint density at radius 3 is 1.28 bits per heavy atom. The Morgan fingerprint density at radius 1 is 0.336 bits per heavy atom. The molecule has 0 aromatic rings. The van der Waals surface area contributed by atoms with Crippen LogP contribution in [0.4, 0.5) is 0 Å². The predicted octanol–water partition coefficient (Wildman–Crippen LogP) is 27.7. The van der Waals surface area contributed by atoms with Gasteiger partial charge in [-0.2, -0.15) is 0 Å². The highest BCUT2D eigenvalue weighted by atomic mass is 16.5. The van der Waals surface area contributed by atoms with Gasteiger partial charge in [-0.15, -0.1) is 0 Å². The number of rotatable bonds is 0. The summed E-state index contributed by atoms with van der Waals surface area (Å²) in [5.74, 6) is 22.8. The van der Waals surface area contributed by atoms with Gasteiger partial charge in [0.2, 0.25) is 5.91 Å². The highest BCUT2D eigenvalue weighted by molar-refractivity contribution is 5.80. The standard InChI is InChI=1S/C12H23N.C11H20N2O.C11H21NO.C11H19N.C11H21N.C10H16O.C10H18O.C9H17N.C7H14N2.C7H13N.C6H11N.C5H9N.5C4H10/c1-12(2,3)11-6-9-4-5-13-8-10(9)7-11;1-11(2,3)12-7-9-5-4-6-13(9)10(14)8-12;1-11(2,3)9-6-10-8-13-5-4-12(10)7-9;1-11(2,3)12-7-9-5-4-6-10(9)8-12;1-11(2,3)10-9-6-4-5-8(9)7-12-10;1-10(2,3)8-4-7-6-11-9(7)5-8;1-10(2,3)9-7-5-4-6-8(7)11-9;1-3-8-5-2-6-10-7-9(8)4-1;1-2-7-6-8-3-5-9(7)4-1;1-2-7-5-8-4-3-6(1)7;1-2-7-4-6-3-5(1)6;1-4-2-6-3-5(1)4;5*1-4(2)3/h9-11,13H,4-8H2,1-3H3;9H,4-8H2,1-3H3;9-10H,4-8H2,1-3H3;4-8H2,1-3H3;8-10,12H,4-7H2,1-3H3;5,7-8H,4,6H2,1-3H3;7-9H,4-6H2,1-3H3;8-10H,1-7H2;7-8H,1-6H2;6-8H,1-5H2;5-7H,1-4H2;4-6H,1-3H2;5*4H,1-3H3. The maximum Gasteiger partial charge on any atom is 0.237 e. The Morgan fingerprint density at radius 2 is 0.808 bits per heavy atom. The van der Waals surface area contributed by atoms with Gasteiger partial charge >= 0.3 is 0 Å². The molecule has 16 nitrogen and oxygen atoms in total. The maximum absolute atomic E-state index is 11.8. The minimum atomic E-state index is 0.129. The number of morpholine rings is 1. The lowest BCUT2D eigenvalue weighted by atomic mass is 9.70. The lowest BCUT2D eigenvalue weighted by Crippen LogP contribution is -2.58. The summed E-state index contributed by atoms with van der Waals surface area (Å²) in [6.45, 7) is 111. The summed E-state index contributed by atoms with van der Waals surface area (Å²) in [6.07, 6.45) is 44.9. The van der Waals surface area contributed by atoms with E-state index in [0.717, 1.165) is 188 Å². The number of ether oxygens (including phenoxy) is 3. The van der Waals surface area contributed by atoms with Crippen LogP contribution < -0.4 is 37.2 Å². The van der Waals surface area contributed by atoms with Crippen molar-refractivity contribution < 1.29 is 19.0 Å². The van der Waals surface area contributed by atoms with Crippen LogP contribution in [0.3, 0.4) is 0 Å². The van der Waals surface area contributed by atoms with E-state index >= 15 is 0 Å². The molecule has 7 saturated carbocycles. The minimum Gasteiger partial charge on any atom is -0.497 e. The Bertz CT molecular complexity index is 3410. The number of carbonyl (C=O) groups is 1. The number of likely N-dealkylation sites (tertiary alicyclic amines) is 1. The van der Waals surface area contributed by atoms with Crippen LogP contribution in [0.25, 0.3) is 0 Å². The van der Waals surface area contributed by atoms with E-state index in [2.05, 4.69) is 317 Å². The third-order valence-corrected chi connectivity index (χ3v) is 36.3. The number of piperidine rings is 4. The van der Waals surface area contributed by atoms with Crippen molar-refractivity contribution in [1.29, 1.82) is 0 Å².